The van der Waals surface area contributed by atoms with Gasteiger partial charge in [-0.2, -0.15) is 5.10 Å². The van der Waals surface area contributed by atoms with Crippen molar-refractivity contribution in [3.63, 3.8) is 0 Å². The van der Waals surface area contributed by atoms with Crippen molar-refractivity contribution < 1.29 is 13.2 Å². The van der Waals surface area contributed by atoms with E-state index in [4.69, 9.17) is 5.14 Å². The summed E-state index contributed by atoms with van der Waals surface area (Å²) in [5.74, 6) is -0.216. The summed E-state index contributed by atoms with van der Waals surface area (Å²) in [6.07, 6.45) is 3.40. The van der Waals surface area contributed by atoms with Crippen molar-refractivity contribution in [2.45, 2.75) is 33.2 Å². The van der Waals surface area contributed by atoms with Gasteiger partial charge in [-0.15, -0.1) is 0 Å². The van der Waals surface area contributed by atoms with Gasteiger partial charge in [0.1, 0.15) is 0 Å². The van der Waals surface area contributed by atoms with Gasteiger partial charge in [-0.3, -0.25) is 9.48 Å². The molecule has 8 heteroatoms. The fraction of sp³-hybridized carbons (Fsp3) is 0.692. The average molecular weight is 314 g/mol. The van der Waals surface area contributed by atoms with Gasteiger partial charge in [-0.25, -0.2) is 13.6 Å². The minimum atomic E-state index is -3.49. The van der Waals surface area contributed by atoms with Crippen molar-refractivity contribution in [1.29, 1.82) is 0 Å². The summed E-state index contributed by atoms with van der Waals surface area (Å²) in [5.41, 5.74) is 1.31. The number of primary sulfonamides is 1. The van der Waals surface area contributed by atoms with E-state index in [1.54, 1.807) is 15.8 Å². The first-order valence-electron chi connectivity index (χ1n) is 7.14. The molecule has 0 unspecified atom stereocenters. The average Bonchev–Trinajstić information content (AvgIpc) is 2.94. The molecular weight excluding hydrogens is 292 g/mol. The van der Waals surface area contributed by atoms with Gasteiger partial charge in [0.05, 0.1) is 17.0 Å². The number of aryl methyl sites for hydroxylation is 2. The molecule has 0 saturated carbocycles. The largest absolute Gasteiger partial charge is 0.338 e. The number of hydrogen-bond acceptors (Lipinski definition) is 4. The lowest BCUT2D eigenvalue weighted by Gasteiger charge is -2.15. The first kappa shape index (κ1) is 16.0. The maximum atomic E-state index is 12.5. The number of carbonyl (C=O) groups is 1. The van der Waals surface area contributed by atoms with Gasteiger partial charge >= 0.3 is 0 Å². The fourth-order valence-corrected chi connectivity index (χ4v) is 3.65. The molecule has 7 nitrogen and oxygen atoms in total. The lowest BCUT2D eigenvalue weighted by atomic mass is 10.2. The summed E-state index contributed by atoms with van der Waals surface area (Å²) >= 11 is 0. The molecule has 21 heavy (non-hydrogen) atoms. The first-order chi connectivity index (χ1) is 9.80. The van der Waals surface area contributed by atoms with Crippen molar-refractivity contribution in [1.82, 2.24) is 14.7 Å². The lowest BCUT2D eigenvalue weighted by molar-refractivity contribution is 0.0787. The Kier molecular flexibility index (Phi) is 4.67. The predicted molar refractivity (Wildman–Crippen MR) is 79.2 cm³/mol. The summed E-state index contributed by atoms with van der Waals surface area (Å²) in [7, 11) is -3.49. The maximum absolute atomic E-state index is 12.5. The highest BCUT2D eigenvalue weighted by Crippen LogP contribution is 2.20. The van der Waals surface area contributed by atoms with Crippen LogP contribution in [0.2, 0.25) is 0 Å². The Morgan fingerprint density at radius 1 is 1.52 bits per heavy atom. The fourth-order valence-electron chi connectivity index (χ4n) is 2.72. The van der Waals surface area contributed by atoms with Crippen LogP contribution < -0.4 is 5.14 Å². The van der Waals surface area contributed by atoms with E-state index in [1.165, 1.54) is 0 Å². The molecule has 0 aliphatic carbocycles. The molecule has 118 valence electrons. The summed E-state index contributed by atoms with van der Waals surface area (Å²) in [6, 6.07) is 0. The van der Waals surface area contributed by atoms with E-state index in [1.807, 2.05) is 6.92 Å². The van der Waals surface area contributed by atoms with Crippen LogP contribution in [0.15, 0.2) is 6.20 Å². The van der Waals surface area contributed by atoms with E-state index in [2.05, 4.69) is 12.0 Å². The smallest absolute Gasteiger partial charge is 0.257 e. The number of nitrogens with two attached hydrogens (primary N) is 1. The number of aromatic nitrogens is 2. The lowest BCUT2D eigenvalue weighted by Crippen LogP contribution is -2.31. The Labute approximate surface area is 125 Å². The van der Waals surface area contributed by atoms with Crippen molar-refractivity contribution in [3.8, 4) is 0 Å². The Bertz CT molecular complexity index is 623. The van der Waals surface area contributed by atoms with Crippen molar-refractivity contribution in [3.05, 3.63) is 17.5 Å². The van der Waals surface area contributed by atoms with Crippen LogP contribution >= 0.6 is 0 Å². The van der Waals surface area contributed by atoms with E-state index in [0.29, 0.717) is 30.8 Å². The molecule has 1 fully saturated rings. The number of sulfonamides is 1. The molecule has 1 saturated heterocycles. The van der Waals surface area contributed by atoms with Crippen LogP contribution in [0.5, 0.6) is 0 Å². The van der Waals surface area contributed by atoms with Gasteiger partial charge in [0.15, 0.2) is 0 Å². The van der Waals surface area contributed by atoms with E-state index >= 15 is 0 Å². The quantitative estimate of drug-likeness (QED) is 0.848. The van der Waals surface area contributed by atoms with Gasteiger partial charge in [0, 0.05) is 25.8 Å². The van der Waals surface area contributed by atoms with Crippen LogP contribution in [0, 0.1) is 12.8 Å². The molecule has 0 spiro atoms. The predicted octanol–water partition coefficient (Wildman–Crippen LogP) is 0.352. The summed E-state index contributed by atoms with van der Waals surface area (Å²) in [5, 5.41) is 9.39. The molecule has 0 radical (unpaired) electrons. The Morgan fingerprint density at radius 3 is 2.86 bits per heavy atom. The highest BCUT2D eigenvalue weighted by Gasteiger charge is 2.30. The molecule has 1 aliphatic heterocycles. The minimum Gasteiger partial charge on any atom is -0.338 e. The summed E-state index contributed by atoms with van der Waals surface area (Å²) < 4.78 is 24.0. The molecule has 2 heterocycles. The Morgan fingerprint density at radius 2 is 2.24 bits per heavy atom. The third-order valence-electron chi connectivity index (χ3n) is 3.67. The topological polar surface area (TPSA) is 98.3 Å². The summed E-state index contributed by atoms with van der Waals surface area (Å²) in [6.45, 7) is 5.65. The Hall–Kier alpha value is -1.41. The molecule has 0 bridgehead atoms. The molecule has 2 N–H and O–H groups in total. The third-order valence-corrected chi connectivity index (χ3v) is 4.61. The third kappa shape index (κ3) is 4.04. The van der Waals surface area contributed by atoms with E-state index in [9.17, 15) is 13.2 Å². The van der Waals surface area contributed by atoms with Gasteiger partial charge in [0.25, 0.3) is 5.91 Å². The van der Waals surface area contributed by atoms with Gasteiger partial charge < -0.3 is 4.90 Å². The molecule has 1 aromatic rings. The highest BCUT2D eigenvalue weighted by atomic mass is 32.2. The second-order valence-electron chi connectivity index (χ2n) is 5.63. The number of amides is 1. The number of carbonyl (C=O) groups excluding carboxylic acids is 1. The number of hydrogen-bond donors (Lipinski definition) is 1. The van der Waals surface area contributed by atoms with Crippen molar-refractivity contribution in [2.75, 3.05) is 18.8 Å². The monoisotopic (exact) mass is 314 g/mol. The van der Waals surface area contributed by atoms with Crippen LogP contribution in [0.4, 0.5) is 0 Å². The molecule has 1 aliphatic rings. The molecular formula is C13H22N4O3S. The molecule has 2 rings (SSSR count). The second-order valence-corrected chi connectivity index (χ2v) is 7.29. The zero-order valence-corrected chi connectivity index (χ0v) is 13.3. The molecule has 1 aromatic heterocycles. The number of rotatable bonds is 5. The van der Waals surface area contributed by atoms with Crippen molar-refractivity contribution >= 4 is 15.9 Å². The highest BCUT2D eigenvalue weighted by molar-refractivity contribution is 7.89. The molecule has 0 aromatic carbocycles. The zero-order valence-electron chi connectivity index (χ0n) is 12.4. The molecule has 1 amide bonds. The van der Waals surface area contributed by atoms with E-state index < -0.39 is 10.0 Å². The van der Waals surface area contributed by atoms with Gasteiger partial charge in [0.2, 0.25) is 10.0 Å². The van der Waals surface area contributed by atoms with Gasteiger partial charge in [-0.1, -0.05) is 6.92 Å². The number of nitrogens with zero attached hydrogens (tertiary/aromatic N) is 3. The van der Waals surface area contributed by atoms with Crippen LogP contribution in [-0.2, 0) is 16.6 Å². The standard InChI is InChI=1S/C13H22N4O3S/c1-3-5-17-8-12(10(2)15-17)13(18)16-6-4-11(7-16)9-21(14,19)20/h8,11H,3-7,9H2,1-2H3,(H2,14,19,20)/t11-/m1/s1. The second kappa shape index (κ2) is 6.15. The van der Waals surface area contributed by atoms with E-state index in [-0.39, 0.29) is 17.6 Å². The van der Waals surface area contributed by atoms with Crippen LogP contribution in [0.1, 0.15) is 35.8 Å². The molecule has 1 atom stereocenters. The summed E-state index contributed by atoms with van der Waals surface area (Å²) in [4.78, 5) is 14.2. The van der Waals surface area contributed by atoms with Crippen molar-refractivity contribution in [2.24, 2.45) is 11.1 Å². The first-order valence-corrected chi connectivity index (χ1v) is 8.85. The maximum Gasteiger partial charge on any atom is 0.257 e. The van der Waals surface area contributed by atoms with Gasteiger partial charge in [-0.05, 0) is 25.7 Å². The van der Waals surface area contributed by atoms with Crippen LogP contribution in [-0.4, -0.2) is 47.8 Å². The number of likely N-dealkylation sites (tertiary alicyclic amines) is 1. The zero-order chi connectivity index (χ0) is 15.6. The Balaban J connectivity index is 2.04. The SMILES string of the molecule is CCCn1cc(C(=O)N2CC[C@@H](CS(N)(=O)=O)C2)c(C)n1. The van der Waals surface area contributed by atoms with Crippen LogP contribution in [0.3, 0.4) is 0 Å². The minimum absolute atomic E-state index is 0.0646. The van der Waals surface area contributed by atoms with E-state index in [0.717, 1.165) is 13.0 Å². The normalized spacial score (nSPS) is 19.2. The van der Waals surface area contributed by atoms with Crippen LogP contribution in [0.25, 0.3) is 0 Å².